The fourth-order valence-electron chi connectivity index (χ4n) is 5.56. The summed E-state index contributed by atoms with van der Waals surface area (Å²) >= 11 is 0. The molecule has 0 aliphatic heterocycles. The summed E-state index contributed by atoms with van der Waals surface area (Å²) in [5, 5.41) is 0. The van der Waals surface area contributed by atoms with E-state index < -0.39 is 32.5 Å². The van der Waals surface area contributed by atoms with Gasteiger partial charge < -0.3 is 20.1 Å². The van der Waals surface area contributed by atoms with E-state index in [4.69, 9.17) is 24.3 Å². The molecule has 0 bridgehead atoms. The van der Waals surface area contributed by atoms with Crippen LogP contribution in [0.15, 0.2) is 48.6 Å². The van der Waals surface area contributed by atoms with Gasteiger partial charge in [-0.25, -0.2) is 4.57 Å². The molecule has 0 amide bonds. The van der Waals surface area contributed by atoms with Crippen LogP contribution in [0.5, 0.6) is 0 Å². The second kappa shape index (κ2) is 39.7. The van der Waals surface area contributed by atoms with Crippen molar-refractivity contribution >= 4 is 19.8 Å². The number of nitrogens with two attached hydrogens (primary N) is 1. The zero-order valence-corrected chi connectivity index (χ0v) is 34.6. The quantitative estimate of drug-likeness (QED) is 0.0271. The number of carbonyl (C=O) groups excluding carboxylic acids is 2. The van der Waals surface area contributed by atoms with Gasteiger partial charge in [-0.1, -0.05) is 159 Å². The molecule has 0 heterocycles. The first-order chi connectivity index (χ1) is 25.8. The molecule has 1 unspecified atom stereocenters. The fourth-order valence-corrected chi connectivity index (χ4v) is 6.32. The summed E-state index contributed by atoms with van der Waals surface area (Å²) in [6.07, 6.45) is 44.2. The maximum atomic E-state index is 12.6. The summed E-state index contributed by atoms with van der Waals surface area (Å²) in [5.41, 5.74) is 5.34. The molecule has 3 N–H and O–H groups in total. The topological polar surface area (TPSA) is 134 Å². The van der Waals surface area contributed by atoms with Gasteiger partial charge in [0.25, 0.3) is 0 Å². The average Bonchev–Trinajstić information content (AvgIpc) is 3.14. The first-order valence-electron chi connectivity index (χ1n) is 21.1. The number of unbranched alkanes of at least 4 members (excludes halogenated alkanes) is 18. The molecule has 0 radical (unpaired) electrons. The minimum absolute atomic E-state index is 0.0472. The summed E-state index contributed by atoms with van der Waals surface area (Å²) < 4.78 is 32.7. The number of phosphoric ester groups is 1. The van der Waals surface area contributed by atoms with Crippen LogP contribution >= 0.6 is 7.82 Å². The van der Waals surface area contributed by atoms with Crippen LogP contribution in [0, 0.1) is 0 Å². The van der Waals surface area contributed by atoms with Crippen molar-refractivity contribution in [2.75, 3.05) is 26.4 Å². The summed E-state index contributed by atoms with van der Waals surface area (Å²) in [6.45, 7) is 3.66. The Morgan fingerprint density at radius 3 is 1.49 bits per heavy atom. The smallest absolute Gasteiger partial charge is 0.462 e. The maximum Gasteiger partial charge on any atom is 0.472 e. The molecule has 53 heavy (non-hydrogen) atoms. The summed E-state index contributed by atoms with van der Waals surface area (Å²) in [6, 6.07) is 0. The first-order valence-corrected chi connectivity index (χ1v) is 22.6. The molecule has 2 atom stereocenters. The molecular weight excluding hydrogens is 689 g/mol. The van der Waals surface area contributed by atoms with Crippen molar-refractivity contribution in [2.24, 2.45) is 5.73 Å². The average molecular weight is 768 g/mol. The van der Waals surface area contributed by atoms with Gasteiger partial charge in [0.05, 0.1) is 13.2 Å². The number of rotatable bonds is 39. The number of hydrogen-bond acceptors (Lipinski definition) is 8. The Morgan fingerprint density at radius 1 is 0.566 bits per heavy atom. The monoisotopic (exact) mass is 768 g/mol. The maximum absolute atomic E-state index is 12.6. The third kappa shape index (κ3) is 39.5. The molecule has 0 saturated heterocycles. The van der Waals surface area contributed by atoms with Gasteiger partial charge in [-0.2, -0.15) is 0 Å². The van der Waals surface area contributed by atoms with Crippen molar-refractivity contribution in [3.63, 3.8) is 0 Å². The Labute approximate surface area is 324 Å². The normalized spacial score (nSPS) is 13.8. The van der Waals surface area contributed by atoms with Gasteiger partial charge in [0.15, 0.2) is 6.10 Å². The van der Waals surface area contributed by atoms with Crippen LogP contribution in [0.3, 0.4) is 0 Å². The van der Waals surface area contributed by atoms with E-state index in [9.17, 15) is 19.0 Å². The molecule has 10 heteroatoms. The van der Waals surface area contributed by atoms with Crippen LogP contribution < -0.4 is 5.73 Å². The van der Waals surface area contributed by atoms with E-state index in [-0.39, 0.29) is 32.6 Å². The van der Waals surface area contributed by atoms with E-state index in [0.29, 0.717) is 6.42 Å². The van der Waals surface area contributed by atoms with Gasteiger partial charge in [-0.05, 0) is 57.8 Å². The van der Waals surface area contributed by atoms with Crippen LogP contribution in [-0.4, -0.2) is 49.3 Å². The van der Waals surface area contributed by atoms with E-state index >= 15 is 0 Å². The number of allylic oxidation sites excluding steroid dienone is 8. The molecule has 0 saturated carbocycles. The Kier molecular flexibility index (Phi) is 38.1. The number of esters is 2. The van der Waals surface area contributed by atoms with Crippen molar-refractivity contribution in [1.29, 1.82) is 0 Å². The second-order valence-electron chi connectivity index (χ2n) is 13.9. The van der Waals surface area contributed by atoms with Gasteiger partial charge in [0.1, 0.15) is 6.61 Å². The van der Waals surface area contributed by atoms with Gasteiger partial charge in [0, 0.05) is 19.4 Å². The molecule has 0 rings (SSSR count). The minimum Gasteiger partial charge on any atom is -0.462 e. The van der Waals surface area contributed by atoms with Crippen molar-refractivity contribution in [2.45, 2.75) is 187 Å². The zero-order chi connectivity index (χ0) is 38.9. The molecule has 0 fully saturated rings. The molecule has 0 spiro atoms. The third-order valence-corrected chi connectivity index (χ3v) is 9.70. The van der Waals surface area contributed by atoms with E-state index in [0.717, 1.165) is 57.8 Å². The molecule has 0 aromatic rings. The SMILES string of the molecule is CCCCC/C=C\C/C=C\C/C=C\C/C=C\CCCCCC(=O)O[C@H](COC(=O)CCCCCCCCCCCCCCC)COP(=O)(O)OCCN. The highest BCUT2D eigenvalue weighted by Crippen LogP contribution is 2.43. The predicted octanol–water partition coefficient (Wildman–Crippen LogP) is 11.9. The lowest BCUT2D eigenvalue weighted by Gasteiger charge is -2.19. The third-order valence-electron chi connectivity index (χ3n) is 8.72. The van der Waals surface area contributed by atoms with Gasteiger partial charge >= 0.3 is 19.8 Å². The minimum atomic E-state index is -4.38. The number of carbonyl (C=O) groups is 2. The van der Waals surface area contributed by atoms with Gasteiger partial charge in [-0.15, -0.1) is 0 Å². The molecule has 308 valence electrons. The van der Waals surface area contributed by atoms with Crippen molar-refractivity contribution in [1.82, 2.24) is 0 Å². The molecule has 0 aromatic heterocycles. The molecule has 0 aliphatic carbocycles. The first kappa shape index (κ1) is 51.0. The molecule has 0 aliphatic rings. The molecular formula is C43H78NO8P. The summed E-state index contributed by atoms with van der Waals surface area (Å²) in [7, 11) is -4.38. The summed E-state index contributed by atoms with van der Waals surface area (Å²) in [4.78, 5) is 34.8. The van der Waals surface area contributed by atoms with Crippen molar-refractivity contribution in [3.8, 4) is 0 Å². The second-order valence-corrected chi connectivity index (χ2v) is 15.3. The van der Waals surface area contributed by atoms with E-state index in [1.165, 1.54) is 89.9 Å². The number of ether oxygens (including phenoxy) is 2. The molecule has 9 nitrogen and oxygen atoms in total. The Hall–Kier alpha value is -2.03. The fraction of sp³-hybridized carbons (Fsp3) is 0.767. The van der Waals surface area contributed by atoms with Crippen molar-refractivity contribution in [3.05, 3.63) is 48.6 Å². The van der Waals surface area contributed by atoms with Gasteiger partial charge in [0.2, 0.25) is 0 Å². The van der Waals surface area contributed by atoms with Crippen LogP contribution in [0.1, 0.15) is 181 Å². The van der Waals surface area contributed by atoms with E-state index in [1.54, 1.807) is 0 Å². The van der Waals surface area contributed by atoms with Crippen molar-refractivity contribution < 1.29 is 37.6 Å². The number of hydrogen-bond donors (Lipinski definition) is 2. The zero-order valence-electron chi connectivity index (χ0n) is 33.7. The van der Waals surface area contributed by atoms with Gasteiger partial charge in [-0.3, -0.25) is 18.6 Å². The Balaban J connectivity index is 4.24. The van der Waals surface area contributed by atoms with Crippen LogP contribution in [0.2, 0.25) is 0 Å². The highest BCUT2D eigenvalue weighted by molar-refractivity contribution is 7.47. The van der Waals surface area contributed by atoms with Crippen LogP contribution in [0.25, 0.3) is 0 Å². The highest BCUT2D eigenvalue weighted by Gasteiger charge is 2.26. The Morgan fingerprint density at radius 2 is 0.981 bits per heavy atom. The lowest BCUT2D eigenvalue weighted by atomic mass is 10.0. The van der Waals surface area contributed by atoms with E-state index in [2.05, 4.69) is 62.5 Å². The lowest BCUT2D eigenvalue weighted by Crippen LogP contribution is -2.29. The predicted molar refractivity (Wildman–Crippen MR) is 220 cm³/mol. The number of phosphoric acid groups is 1. The lowest BCUT2D eigenvalue weighted by molar-refractivity contribution is -0.161. The van der Waals surface area contributed by atoms with Crippen LogP contribution in [-0.2, 0) is 32.7 Å². The molecule has 0 aromatic carbocycles. The van der Waals surface area contributed by atoms with Crippen LogP contribution in [0.4, 0.5) is 0 Å². The highest BCUT2D eigenvalue weighted by atomic mass is 31.2. The largest absolute Gasteiger partial charge is 0.472 e. The standard InChI is InChI=1S/C43H78NO8P/c1-3-5-7-9-11-13-15-17-18-19-20-21-22-24-26-28-30-32-34-36-43(46)52-41(40-51-53(47,48)50-38-37-44)39-49-42(45)35-33-31-29-27-25-23-16-14-12-10-8-6-4-2/h11,13,17-18,20-21,24,26,41H,3-10,12,14-16,19,22-23,25,27-40,44H2,1-2H3,(H,47,48)/b13-11-,18-17-,21-20-,26-24-/t41-/m1/s1. The van der Waals surface area contributed by atoms with E-state index in [1.807, 2.05) is 0 Å². The Bertz CT molecular complexity index is 1010. The summed E-state index contributed by atoms with van der Waals surface area (Å²) in [5.74, 6) is -0.864.